The van der Waals surface area contributed by atoms with Crippen molar-refractivity contribution in [2.24, 2.45) is 23.5 Å². The van der Waals surface area contributed by atoms with Gasteiger partial charge in [-0.05, 0) is 56.7 Å². The summed E-state index contributed by atoms with van der Waals surface area (Å²) >= 11 is 0. The van der Waals surface area contributed by atoms with Crippen LogP contribution in [0.2, 0.25) is 0 Å². The van der Waals surface area contributed by atoms with E-state index < -0.39 is 48.1 Å². The van der Waals surface area contributed by atoms with Gasteiger partial charge in [0.2, 0.25) is 0 Å². The summed E-state index contributed by atoms with van der Waals surface area (Å²) in [4.78, 5) is 49.5. The summed E-state index contributed by atoms with van der Waals surface area (Å²) in [5.74, 6) is -2.30. The van der Waals surface area contributed by atoms with E-state index in [9.17, 15) is 24.3 Å². The van der Waals surface area contributed by atoms with Crippen LogP contribution < -0.4 is 15.2 Å². The molecular formula is C30H47NO10. The average Bonchev–Trinajstić information content (AvgIpc) is 2.85. The van der Waals surface area contributed by atoms with Crippen molar-refractivity contribution in [3.63, 3.8) is 0 Å². The standard InChI is InChI=1S/C30H47NO10/c1-10-11-19(6)26(32)37-20(7)15-30(31,27(33)34)16-23-12-13-24(40-28(35)38-21(8)17(2)3)25(14-23)41-29(36)39-22(9)18(4)5/h12-14,17-22H,10-11,15-16,31H2,1-9H3,(H,33,34)/t19?,20-,21?,22?,30?/m0/s1. The van der Waals surface area contributed by atoms with Gasteiger partial charge in [-0.3, -0.25) is 9.59 Å². The van der Waals surface area contributed by atoms with Gasteiger partial charge in [-0.2, -0.15) is 0 Å². The number of hydrogen-bond acceptors (Lipinski definition) is 10. The van der Waals surface area contributed by atoms with Gasteiger partial charge >= 0.3 is 24.2 Å². The van der Waals surface area contributed by atoms with E-state index in [1.165, 1.54) is 18.2 Å². The van der Waals surface area contributed by atoms with E-state index in [4.69, 9.17) is 29.4 Å². The molecule has 0 spiro atoms. The van der Waals surface area contributed by atoms with Crippen LogP contribution in [0.1, 0.15) is 87.1 Å². The van der Waals surface area contributed by atoms with E-state index in [0.29, 0.717) is 12.0 Å². The fourth-order valence-corrected chi connectivity index (χ4v) is 3.65. The number of nitrogens with two attached hydrogens (primary N) is 1. The molecule has 11 nitrogen and oxygen atoms in total. The molecule has 0 aliphatic heterocycles. The summed E-state index contributed by atoms with van der Waals surface area (Å²) in [5, 5.41) is 9.98. The smallest absolute Gasteiger partial charge is 0.480 e. The van der Waals surface area contributed by atoms with Crippen LogP contribution in [0.15, 0.2) is 18.2 Å². The van der Waals surface area contributed by atoms with Gasteiger partial charge in [0, 0.05) is 12.8 Å². The molecule has 41 heavy (non-hydrogen) atoms. The number of carbonyl (C=O) groups is 4. The molecule has 1 rings (SSSR count). The molecule has 0 saturated carbocycles. The number of ether oxygens (including phenoxy) is 5. The first kappa shape index (κ1) is 35.7. The number of aliphatic carboxylic acids is 1. The molecule has 4 unspecified atom stereocenters. The van der Waals surface area contributed by atoms with Gasteiger partial charge < -0.3 is 34.5 Å². The molecule has 11 heteroatoms. The SMILES string of the molecule is CCCC(C)C(=O)O[C@@H](C)CC(N)(Cc1ccc(OC(=O)OC(C)C(C)C)c(OC(=O)OC(C)C(C)C)c1)C(=O)O. The third kappa shape index (κ3) is 12.0. The van der Waals surface area contributed by atoms with E-state index in [-0.39, 0.29) is 42.1 Å². The zero-order valence-electron chi connectivity index (χ0n) is 25.7. The van der Waals surface area contributed by atoms with Gasteiger partial charge in [-0.1, -0.05) is 54.0 Å². The normalized spacial score (nSPS) is 15.7. The van der Waals surface area contributed by atoms with Gasteiger partial charge in [0.25, 0.3) is 0 Å². The number of carbonyl (C=O) groups excluding carboxylic acids is 3. The van der Waals surface area contributed by atoms with E-state index >= 15 is 0 Å². The highest BCUT2D eigenvalue weighted by atomic mass is 16.7. The molecule has 0 bridgehead atoms. The highest BCUT2D eigenvalue weighted by Gasteiger charge is 2.37. The van der Waals surface area contributed by atoms with Crippen LogP contribution in [-0.4, -0.2) is 53.2 Å². The molecule has 1 aromatic rings. The van der Waals surface area contributed by atoms with Crippen molar-refractivity contribution >= 4 is 24.2 Å². The Morgan fingerprint density at radius 3 is 1.80 bits per heavy atom. The van der Waals surface area contributed by atoms with Crippen molar-refractivity contribution in [1.29, 1.82) is 0 Å². The third-order valence-electron chi connectivity index (χ3n) is 6.88. The molecule has 0 aromatic heterocycles. The van der Waals surface area contributed by atoms with Gasteiger partial charge in [-0.15, -0.1) is 0 Å². The summed E-state index contributed by atoms with van der Waals surface area (Å²) in [7, 11) is 0. The molecular weight excluding hydrogens is 534 g/mol. The van der Waals surface area contributed by atoms with Crippen LogP contribution in [0, 0.1) is 17.8 Å². The van der Waals surface area contributed by atoms with Crippen LogP contribution in [0.4, 0.5) is 9.59 Å². The maximum atomic E-state index is 12.5. The van der Waals surface area contributed by atoms with Crippen LogP contribution in [0.3, 0.4) is 0 Å². The fraction of sp³-hybridized carbons (Fsp3) is 0.667. The molecule has 0 fully saturated rings. The van der Waals surface area contributed by atoms with Gasteiger partial charge in [0.1, 0.15) is 23.9 Å². The predicted molar refractivity (Wildman–Crippen MR) is 152 cm³/mol. The molecule has 0 radical (unpaired) electrons. The first-order valence-corrected chi connectivity index (χ1v) is 14.1. The summed E-state index contributed by atoms with van der Waals surface area (Å²) in [5.41, 5.74) is 4.84. The van der Waals surface area contributed by atoms with Crippen molar-refractivity contribution in [2.75, 3.05) is 0 Å². The second-order valence-electron chi connectivity index (χ2n) is 11.4. The number of carboxylic acids is 1. The third-order valence-corrected chi connectivity index (χ3v) is 6.88. The van der Waals surface area contributed by atoms with E-state index in [1.807, 2.05) is 34.6 Å². The Hall–Kier alpha value is -3.34. The number of carboxylic acid groups (broad SMARTS) is 1. The zero-order valence-corrected chi connectivity index (χ0v) is 25.7. The second kappa shape index (κ2) is 16.2. The van der Waals surface area contributed by atoms with Gasteiger partial charge in [0.15, 0.2) is 11.5 Å². The summed E-state index contributed by atoms with van der Waals surface area (Å²) < 4.78 is 26.6. The lowest BCUT2D eigenvalue weighted by Crippen LogP contribution is -2.52. The van der Waals surface area contributed by atoms with Crippen LogP contribution in [0.5, 0.6) is 11.5 Å². The Labute approximate surface area is 243 Å². The minimum atomic E-state index is -1.83. The fourth-order valence-electron chi connectivity index (χ4n) is 3.65. The second-order valence-corrected chi connectivity index (χ2v) is 11.4. The van der Waals surface area contributed by atoms with Crippen LogP contribution in [-0.2, 0) is 30.2 Å². The topological polar surface area (TPSA) is 161 Å². The first-order valence-electron chi connectivity index (χ1n) is 14.1. The van der Waals surface area contributed by atoms with Gasteiger partial charge in [-0.25, -0.2) is 9.59 Å². The molecule has 0 aliphatic rings. The molecule has 0 saturated heterocycles. The van der Waals surface area contributed by atoms with E-state index in [0.717, 1.165) is 6.42 Å². The maximum absolute atomic E-state index is 12.5. The minimum Gasteiger partial charge on any atom is -0.480 e. The highest BCUT2D eigenvalue weighted by molar-refractivity contribution is 5.79. The highest BCUT2D eigenvalue weighted by Crippen LogP contribution is 2.32. The van der Waals surface area contributed by atoms with Crippen molar-refractivity contribution in [2.45, 2.75) is 112 Å². The minimum absolute atomic E-state index is 0.0200. The summed E-state index contributed by atoms with van der Waals surface area (Å²) in [6.45, 7) is 16.2. The largest absolute Gasteiger partial charge is 0.514 e. The number of rotatable bonds is 15. The van der Waals surface area contributed by atoms with E-state index in [1.54, 1.807) is 27.7 Å². The van der Waals surface area contributed by atoms with E-state index in [2.05, 4.69) is 0 Å². The zero-order chi connectivity index (χ0) is 31.5. The lowest BCUT2D eigenvalue weighted by Gasteiger charge is -2.28. The van der Waals surface area contributed by atoms with Gasteiger partial charge in [0.05, 0.1) is 5.92 Å². The van der Waals surface area contributed by atoms with Crippen molar-refractivity contribution in [1.82, 2.24) is 0 Å². The Bertz CT molecular complexity index is 1040. The van der Waals surface area contributed by atoms with Crippen LogP contribution >= 0.6 is 0 Å². The lowest BCUT2D eigenvalue weighted by atomic mass is 9.86. The number of hydrogen-bond donors (Lipinski definition) is 2. The quantitative estimate of drug-likeness (QED) is 0.144. The summed E-state index contributed by atoms with van der Waals surface area (Å²) in [6.07, 6.45) is -2.62. The Morgan fingerprint density at radius 1 is 0.829 bits per heavy atom. The lowest BCUT2D eigenvalue weighted by molar-refractivity contribution is -0.156. The Balaban J connectivity index is 3.24. The molecule has 0 amide bonds. The maximum Gasteiger partial charge on any atom is 0.514 e. The summed E-state index contributed by atoms with van der Waals surface area (Å²) in [6, 6.07) is 4.19. The molecule has 0 aliphatic carbocycles. The Kier molecular flexibility index (Phi) is 14.1. The molecule has 232 valence electrons. The number of benzene rings is 1. The molecule has 5 atom stereocenters. The molecule has 1 aromatic carbocycles. The van der Waals surface area contributed by atoms with Crippen molar-refractivity contribution in [3.05, 3.63) is 23.8 Å². The number of esters is 1. The predicted octanol–water partition coefficient (Wildman–Crippen LogP) is 5.89. The first-order chi connectivity index (χ1) is 19.0. The monoisotopic (exact) mass is 581 g/mol. The molecule has 3 N–H and O–H groups in total. The van der Waals surface area contributed by atoms with Crippen LogP contribution in [0.25, 0.3) is 0 Å². The average molecular weight is 582 g/mol. The van der Waals surface area contributed by atoms with Crippen molar-refractivity contribution in [3.8, 4) is 11.5 Å². The molecule has 0 heterocycles. The van der Waals surface area contributed by atoms with Crippen molar-refractivity contribution < 1.29 is 48.0 Å². The Morgan fingerprint density at radius 2 is 1.34 bits per heavy atom.